The van der Waals surface area contributed by atoms with Gasteiger partial charge in [-0.25, -0.2) is 9.97 Å². The predicted molar refractivity (Wildman–Crippen MR) is 94.7 cm³/mol. The molecule has 0 fully saturated rings. The minimum atomic E-state index is -0.182. The van der Waals surface area contributed by atoms with E-state index in [1.165, 1.54) is 10.9 Å². The second kappa shape index (κ2) is 5.60. The summed E-state index contributed by atoms with van der Waals surface area (Å²) >= 11 is 13.6. The summed E-state index contributed by atoms with van der Waals surface area (Å²) in [5.41, 5.74) is 1.21. The average Bonchev–Trinajstić information content (AvgIpc) is 2.93. The van der Waals surface area contributed by atoms with Crippen LogP contribution in [0.1, 0.15) is 5.01 Å². The average molecular weight is 362 g/mol. The summed E-state index contributed by atoms with van der Waals surface area (Å²) in [7, 11) is 0. The number of nitrogens with zero attached hydrogens (tertiary/aromatic N) is 3. The molecular weight excluding hydrogens is 353 g/mol. The number of rotatable bonds is 2. The normalized spacial score (nSPS) is 11.4. The van der Waals surface area contributed by atoms with Crippen molar-refractivity contribution in [1.29, 1.82) is 0 Å². The maximum atomic E-state index is 12.6. The second-order valence-corrected chi connectivity index (χ2v) is 7.00. The standard InChI is InChI=1S/C16H9Cl2N3OS/c17-9-5-10-15(11(18)6-9)19-8-21(16(10)22)7-14-20-12-3-1-2-4-13(12)23-14/h1-6,8H,7H2. The quantitative estimate of drug-likeness (QED) is 0.532. The largest absolute Gasteiger partial charge is 0.292 e. The molecule has 0 bridgehead atoms. The third kappa shape index (κ3) is 2.61. The molecule has 0 spiro atoms. The Kier molecular flexibility index (Phi) is 3.56. The Morgan fingerprint density at radius 3 is 2.83 bits per heavy atom. The zero-order chi connectivity index (χ0) is 16.0. The van der Waals surface area contributed by atoms with Gasteiger partial charge >= 0.3 is 0 Å². The van der Waals surface area contributed by atoms with Gasteiger partial charge in [0.1, 0.15) is 5.01 Å². The smallest absolute Gasteiger partial charge is 0.261 e. The Bertz CT molecular complexity index is 1070. The number of para-hydroxylation sites is 1. The van der Waals surface area contributed by atoms with E-state index >= 15 is 0 Å². The minimum Gasteiger partial charge on any atom is -0.292 e. The molecule has 2 aromatic heterocycles. The molecule has 0 radical (unpaired) electrons. The van der Waals surface area contributed by atoms with Crippen LogP contribution in [0.2, 0.25) is 10.0 Å². The Hall–Kier alpha value is -1.95. The first-order valence-corrected chi connectivity index (χ1v) is 8.38. The fourth-order valence-corrected chi connectivity index (χ4v) is 3.95. The van der Waals surface area contributed by atoms with Crippen LogP contribution < -0.4 is 5.56 Å². The van der Waals surface area contributed by atoms with Crippen LogP contribution in [0.5, 0.6) is 0 Å². The van der Waals surface area contributed by atoms with Gasteiger partial charge in [0.05, 0.1) is 39.0 Å². The van der Waals surface area contributed by atoms with E-state index in [-0.39, 0.29) is 5.56 Å². The lowest BCUT2D eigenvalue weighted by Gasteiger charge is -2.06. The van der Waals surface area contributed by atoms with Crippen molar-refractivity contribution in [3.05, 3.63) is 68.1 Å². The van der Waals surface area contributed by atoms with E-state index in [2.05, 4.69) is 9.97 Å². The van der Waals surface area contributed by atoms with Gasteiger partial charge in [0.2, 0.25) is 0 Å². The molecule has 0 unspecified atom stereocenters. The van der Waals surface area contributed by atoms with Gasteiger partial charge in [-0.1, -0.05) is 35.3 Å². The summed E-state index contributed by atoms with van der Waals surface area (Å²) in [4.78, 5) is 21.5. The van der Waals surface area contributed by atoms with Gasteiger partial charge in [-0.05, 0) is 24.3 Å². The van der Waals surface area contributed by atoms with E-state index in [9.17, 15) is 4.79 Å². The van der Waals surface area contributed by atoms with Crippen LogP contribution in [0.25, 0.3) is 21.1 Å². The molecular formula is C16H9Cl2N3OS. The summed E-state index contributed by atoms with van der Waals surface area (Å²) in [6, 6.07) is 11.0. The van der Waals surface area contributed by atoms with Gasteiger partial charge in [-0.15, -0.1) is 11.3 Å². The molecule has 4 rings (SSSR count). The van der Waals surface area contributed by atoms with E-state index in [1.807, 2.05) is 24.3 Å². The van der Waals surface area contributed by atoms with Crippen molar-refractivity contribution >= 4 is 55.7 Å². The topological polar surface area (TPSA) is 47.8 Å². The van der Waals surface area contributed by atoms with Crippen LogP contribution in [0.4, 0.5) is 0 Å². The first kappa shape index (κ1) is 14.6. The molecule has 7 heteroatoms. The molecule has 0 aliphatic heterocycles. The lowest BCUT2D eigenvalue weighted by molar-refractivity contribution is 0.745. The monoisotopic (exact) mass is 361 g/mol. The number of fused-ring (bicyclic) bond motifs is 2. The maximum absolute atomic E-state index is 12.6. The molecule has 114 valence electrons. The Balaban J connectivity index is 1.82. The van der Waals surface area contributed by atoms with Crippen molar-refractivity contribution < 1.29 is 0 Å². The van der Waals surface area contributed by atoms with Gasteiger partial charge in [0.15, 0.2) is 0 Å². The number of halogens is 2. The van der Waals surface area contributed by atoms with Crippen LogP contribution in [0.15, 0.2) is 47.5 Å². The van der Waals surface area contributed by atoms with Crippen LogP contribution >= 0.6 is 34.5 Å². The summed E-state index contributed by atoms with van der Waals surface area (Å²) < 4.78 is 2.61. The molecule has 0 aliphatic carbocycles. The molecule has 0 atom stereocenters. The fraction of sp³-hybridized carbons (Fsp3) is 0.0625. The zero-order valence-corrected chi connectivity index (χ0v) is 14.0. The number of aromatic nitrogens is 3. The third-order valence-electron chi connectivity index (χ3n) is 3.49. The van der Waals surface area contributed by atoms with Gasteiger partial charge in [-0.3, -0.25) is 9.36 Å². The van der Waals surface area contributed by atoms with Crippen molar-refractivity contribution in [1.82, 2.24) is 14.5 Å². The molecule has 2 aromatic carbocycles. The molecule has 4 aromatic rings. The Morgan fingerprint density at radius 1 is 1.17 bits per heavy atom. The highest BCUT2D eigenvalue weighted by molar-refractivity contribution is 7.18. The van der Waals surface area contributed by atoms with Crippen molar-refractivity contribution in [2.75, 3.05) is 0 Å². The molecule has 2 heterocycles. The molecule has 0 amide bonds. The summed E-state index contributed by atoms with van der Waals surface area (Å²) in [6.07, 6.45) is 1.50. The van der Waals surface area contributed by atoms with Gasteiger partial charge in [-0.2, -0.15) is 0 Å². The van der Waals surface area contributed by atoms with Crippen LogP contribution in [0.3, 0.4) is 0 Å². The highest BCUT2D eigenvalue weighted by atomic mass is 35.5. The van der Waals surface area contributed by atoms with Crippen molar-refractivity contribution in [3.8, 4) is 0 Å². The SMILES string of the molecule is O=c1c2cc(Cl)cc(Cl)c2ncn1Cc1nc2ccccc2s1. The molecule has 23 heavy (non-hydrogen) atoms. The van der Waals surface area contributed by atoms with Gasteiger partial charge in [0, 0.05) is 5.02 Å². The zero-order valence-electron chi connectivity index (χ0n) is 11.7. The number of thiazole rings is 1. The number of hydrogen-bond acceptors (Lipinski definition) is 4. The van der Waals surface area contributed by atoms with Crippen LogP contribution in [-0.2, 0) is 6.54 Å². The number of benzene rings is 2. The second-order valence-electron chi connectivity index (χ2n) is 5.04. The summed E-state index contributed by atoms with van der Waals surface area (Å²) in [5.74, 6) is 0. The first-order valence-electron chi connectivity index (χ1n) is 6.80. The van der Waals surface area contributed by atoms with Gasteiger partial charge in [0.25, 0.3) is 5.56 Å². The van der Waals surface area contributed by atoms with Gasteiger partial charge < -0.3 is 0 Å². The van der Waals surface area contributed by atoms with E-state index in [0.717, 1.165) is 15.2 Å². The van der Waals surface area contributed by atoms with Crippen molar-refractivity contribution in [3.63, 3.8) is 0 Å². The maximum Gasteiger partial charge on any atom is 0.261 e. The van der Waals surface area contributed by atoms with Crippen LogP contribution in [-0.4, -0.2) is 14.5 Å². The molecule has 0 N–H and O–H groups in total. The van der Waals surface area contributed by atoms with Crippen molar-refractivity contribution in [2.24, 2.45) is 0 Å². The third-order valence-corrected chi connectivity index (χ3v) is 5.02. The van der Waals surface area contributed by atoms with E-state index in [0.29, 0.717) is 27.5 Å². The minimum absolute atomic E-state index is 0.182. The Labute approximate surface area is 144 Å². The van der Waals surface area contributed by atoms with E-state index in [1.54, 1.807) is 23.5 Å². The van der Waals surface area contributed by atoms with E-state index in [4.69, 9.17) is 23.2 Å². The summed E-state index contributed by atoms with van der Waals surface area (Å²) in [5, 5.41) is 2.05. The lowest BCUT2D eigenvalue weighted by Crippen LogP contribution is -2.21. The van der Waals surface area contributed by atoms with Crippen molar-refractivity contribution in [2.45, 2.75) is 6.54 Å². The fourth-order valence-electron chi connectivity index (χ4n) is 2.44. The molecule has 0 aliphatic rings. The Morgan fingerprint density at radius 2 is 2.00 bits per heavy atom. The number of hydrogen-bond donors (Lipinski definition) is 0. The molecule has 0 saturated carbocycles. The van der Waals surface area contributed by atoms with E-state index < -0.39 is 0 Å². The molecule has 4 nitrogen and oxygen atoms in total. The highest BCUT2D eigenvalue weighted by Gasteiger charge is 2.11. The predicted octanol–water partition coefficient (Wildman–Crippen LogP) is 4.36. The molecule has 0 saturated heterocycles. The first-order chi connectivity index (χ1) is 11.1. The lowest BCUT2D eigenvalue weighted by atomic mass is 10.2. The van der Waals surface area contributed by atoms with Crippen LogP contribution in [0, 0.1) is 0 Å². The highest BCUT2D eigenvalue weighted by Crippen LogP contribution is 2.25. The summed E-state index contributed by atoms with van der Waals surface area (Å²) in [6.45, 7) is 0.366.